The summed E-state index contributed by atoms with van der Waals surface area (Å²) < 4.78 is 26.3. The van der Waals surface area contributed by atoms with Crippen LogP contribution in [-0.4, -0.2) is 37.8 Å². The van der Waals surface area contributed by atoms with E-state index in [1.807, 2.05) is 13.8 Å². The van der Waals surface area contributed by atoms with Gasteiger partial charge in [0.05, 0.1) is 11.6 Å². The van der Waals surface area contributed by atoms with Crippen LogP contribution in [0.15, 0.2) is 23.1 Å². The number of carbonyl (C=O) groups is 1. The maximum Gasteiger partial charge on any atom is 0.245 e. The third kappa shape index (κ3) is 4.84. The average molecular weight is 367 g/mol. The largest absolute Gasteiger partial charge is 0.353 e. The second kappa shape index (κ2) is 8.15. The molecule has 0 aliphatic carbocycles. The molecular weight excluding hydrogens is 347 g/mol. The first-order chi connectivity index (χ1) is 10.2. The third-order valence-electron chi connectivity index (χ3n) is 3.20. The zero-order valence-electron chi connectivity index (χ0n) is 12.8. The number of amides is 1. The molecule has 1 aromatic carbocycles. The first-order valence-electron chi connectivity index (χ1n) is 6.96. The van der Waals surface area contributed by atoms with Crippen molar-refractivity contribution >= 4 is 39.1 Å². The van der Waals surface area contributed by atoms with Crippen LogP contribution in [0, 0.1) is 0 Å². The van der Waals surface area contributed by atoms with Crippen LogP contribution in [0.4, 0.5) is 0 Å². The Hall–Kier alpha value is -0.820. The highest BCUT2D eigenvalue weighted by Gasteiger charge is 2.27. The molecule has 0 unspecified atom stereocenters. The van der Waals surface area contributed by atoms with Gasteiger partial charge in [-0.1, -0.05) is 37.0 Å². The molecule has 0 radical (unpaired) electrons. The Morgan fingerprint density at radius 2 is 1.95 bits per heavy atom. The number of hydrogen-bond acceptors (Lipinski definition) is 3. The molecule has 5 nitrogen and oxygen atoms in total. The molecule has 0 aromatic heterocycles. The van der Waals surface area contributed by atoms with E-state index in [0.29, 0.717) is 0 Å². The van der Waals surface area contributed by atoms with E-state index in [1.165, 1.54) is 18.2 Å². The summed E-state index contributed by atoms with van der Waals surface area (Å²) in [5.74, 6) is -0.349. The maximum atomic E-state index is 12.6. The molecule has 0 saturated heterocycles. The van der Waals surface area contributed by atoms with Gasteiger partial charge in [0.1, 0.15) is 4.90 Å². The number of sulfonamides is 1. The summed E-state index contributed by atoms with van der Waals surface area (Å²) in [5, 5.41) is 3.08. The van der Waals surface area contributed by atoms with Crippen molar-refractivity contribution in [1.82, 2.24) is 9.62 Å². The molecule has 22 heavy (non-hydrogen) atoms. The van der Waals surface area contributed by atoms with Gasteiger partial charge in [-0.15, -0.1) is 0 Å². The van der Waals surface area contributed by atoms with Crippen molar-refractivity contribution in [3.63, 3.8) is 0 Å². The summed E-state index contributed by atoms with van der Waals surface area (Å²) in [7, 11) is -3.89. The van der Waals surface area contributed by atoms with E-state index in [-0.39, 0.29) is 40.0 Å². The van der Waals surface area contributed by atoms with Crippen molar-refractivity contribution in [2.45, 2.75) is 38.1 Å². The fourth-order valence-corrected chi connectivity index (χ4v) is 3.91. The van der Waals surface area contributed by atoms with Gasteiger partial charge >= 0.3 is 0 Å². The van der Waals surface area contributed by atoms with E-state index in [1.54, 1.807) is 6.92 Å². The second-order valence-corrected chi connectivity index (χ2v) is 7.63. The summed E-state index contributed by atoms with van der Waals surface area (Å²) in [6.07, 6.45) is 0.769. The molecule has 0 bridgehead atoms. The molecule has 1 rings (SSSR count). The molecule has 8 heteroatoms. The fraction of sp³-hybridized carbons (Fsp3) is 0.500. The second-order valence-electron chi connectivity index (χ2n) is 4.88. The van der Waals surface area contributed by atoms with Gasteiger partial charge in [-0.2, -0.15) is 4.31 Å². The quantitative estimate of drug-likeness (QED) is 0.806. The van der Waals surface area contributed by atoms with Crippen LogP contribution >= 0.6 is 23.2 Å². The predicted molar refractivity (Wildman–Crippen MR) is 88.8 cm³/mol. The number of nitrogens with zero attached hydrogens (tertiary/aromatic N) is 1. The average Bonchev–Trinajstić information content (AvgIpc) is 2.46. The van der Waals surface area contributed by atoms with Crippen molar-refractivity contribution < 1.29 is 13.2 Å². The molecule has 1 N–H and O–H groups in total. The summed E-state index contributed by atoms with van der Waals surface area (Å²) in [4.78, 5) is 11.8. The first-order valence-corrected chi connectivity index (χ1v) is 9.16. The van der Waals surface area contributed by atoms with Crippen molar-refractivity contribution in [3.05, 3.63) is 28.2 Å². The Morgan fingerprint density at radius 3 is 2.50 bits per heavy atom. The summed E-state index contributed by atoms with van der Waals surface area (Å²) in [5.41, 5.74) is 0. The zero-order valence-corrected chi connectivity index (χ0v) is 15.1. The zero-order chi connectivity index (χ0) is 16.9. The minimum atomic E-state index is -3.89. The first kappa shape index (κ1) is 19.2. The lowest BCUT2D eigenvalue weighted by Crippen LogP contribution is -2.43. The highest BCUT2D eigenvalue weighted by atomic mass is 35.5. The minimum Gasteiger partial charge on any atom is -0.353 e. The number of likely N-dealkylation sites (N-methyl/N-ethyl adjacent to an activating group) is 1. The van der Waals surface area contributed by atoms with Gasteiger partial charge in [0.25, 0.3) is 0 Å². The van der Waals surface area contributed by atoms with E-state index in [4.69, 9.17) is 23.2 Å². The van der Waals surface area contributed by atoms with E-state index in [0.717, 1.165) is 10.7 Å². The van der Waals surface area contributed by atoms with Gasteiger partial charge in [0.2, 0.25) is 15.9 Å². The van der Waals surface area contributed by atoms with Crippen molar-refractivity contribution in [2.24, 2.45) is 0 Å². The normalized spacial score (nSPS) is 13.2. The lowest BCUT2D eigenvalue weighted by Gasteiger charge is -2.22. The molecule has 0 aliphatic heterocycles. The number of halogens is 2. The van der Waals surface area contributed by atoms with Crippen LogP contribution in [0.25, 0.3) is 0 Å². The van der Waals surface area contributed by atoms with Gasteiger partial charge in [0.15, 0.2) is 0 Å². The molecule has 1 amide bonds. The van der Waals surface area contributed by atoms with E-state index in [9.17, 15) is 13.2 Å². The summed E-state index contributed by atoms with van der Waals surface area (Å²) in [6.45, 7) is 5.35. The Morgan fingerprint density at radius 1 is 1.32 bits per heavy atom. The maximum absolute atomic E-state index is 12.6. The van der Waals surface area contributed by atoms with Crippen LogP contribution in [-0.2, 0) is 14.8 Å². The number of benzene rings is 1. The molecule has 0 aliphatic rings. The molecule has 0 fully saturated rings. The standard InChI is InChI=1S/C14H20Cl2N2O3S/c1-4-10(3)17-14(19)9-18(5-2)22(20,21)13-8-11(15)6-7-12(13)16/h6-8,10H,4-5,9H2,1-3H3,(H,17,19)/t10-/m0/s1. The minimum absolute atomic E-state index is 0.0105. The Bertz CT molecular complexity index is 635. The van der Waals surface area contributed by atoms with Crippen LogP contribution in [0.1, 0.15) is 27.2 Å². The van der Waals surface area contributed by atoms with Crippen molar-refractivity contribution in [3.8, 4) is 0 Å². The van der Waals surface area contributed by atoms with Gasteiger partial charge in [0, 0.05) is 17.6 Å². The SMILES string of the molecule is CC[C@H](C)NC(=O)CN(CC)S(=O)(=O)c1cc(Cl)ccc1Cl. The molecule has 124 valence electrons. The van der Waals surface area contributed by atoms with Crippen molar-refractivity contribution in [2.75, 3.05) is 13.1 Å². The highest BCUT2D eigenvalue weighted by molar-refractivity contribution is 7.89. The fourth-order valence-electron chi connectivity index (χ4n) is 1.76. The monoisotopic (exact) mass is 366 g/mol. The smallest absolute Gasteiger partial charge is 0.245 e. The lowest BCUT2D eigenvalue weighted by atomic mass is 10.2. The number of nitrogens with one attached hydrogen (secondary N) is 1. The van der Waals surface area contributed by atoms with E-state index >= 15 is 0 Å². The van der Waals surface area contributed by atoms with E-state index < -0.39 is 10.0 Å². The predicted octanol–water partition coefficient (Wildman–Crippen LogP) is 2.92. The molecule has 0 saturated carbocycles. The topological polar surface area (TPSA) is 66.5 Å². The van der Waals surface area contributed by atoms with Crippen LogP contribution in [0.5, 0.6) is 0 Å². The van der Waals surface area contributed by atoms with Gasteiger partial charge in [-0.25, -0.2) is 8.42 Å². The molecule has 1 aromatic rings. The Balaban J connectivity index is 3.02. The number of rotatable bonds is 7. The molecular formula is C14H20Cl2N2O3S. The number of hydrogen-bond donors (Lipinski definition) is 1. The molecule has 0 spiro atoms. The van der Waals surface area contributed by atoms with Gasteiger partial charge in [-0.05, 0) is 31.5 Å². The van der Waals surface area contributed by atoms with Crippen LogP contribution in [0.3, 0.4) is 0 Å². The van der Waals surface area contributed by atoms with Crippen LogP contribution in [0.2, 0.25) is 10.0 Å². The summed E-state index contributed by atoms with van der Waals surface area (Å²) >= 11 is 11.8. The number of carbonyl (C=O) groups excluding carboxylic acids is 1. The summed E-state index contributed by atoms with van der Waals surface area (Å²) in [6, 6.07) is 4.20. The highest BCUT2D eigenvalue weighted by Crippen LogP contribution is 2.27. The molecule has 0 heterocycles. The third-order valence-corrected chi connectivity index (χ3v) is 5.84. The Kier molecular flexibility index (Phi) is 7.12. The Labute approximate surface area is 141 Å². The van der Waals surface area contributed by atoms with Crippen LogP contribution < -0.4 is 5.32 Å². The lowest BCUT2D eigenvalue weighted by molar-refractivity contribution is -0.121. The van der Waals surface area contributed by atoms with Gasteiger partial charge < -0.3 is 5.32 Å². The van der Waals surface area contributed by atoms with Gasteiger partial charge in [-0.3, -0.25) is 4.79 Å². The van der Waals surface area contributed by atoms with Crippen molar-refractivity contribution in [1.29, 1.82) is 0 Å². The van der Waals surface area contributed by atoms with E-state index in [2.05, 4.69) is 5.32 Å². The molecule has 1 atom stereocenters.